The van der Waals surface area contributed by atoms with E-state index in [2.05, 4.69) is 15.6 Å². The van der Waals surface area contributed by atoms with E-state index in [9.17, 15) is 9.18 Å². The van der Waals surface area contributed by atoms with Crippen molar-refractivity contribution in [3.8, 4) is 0 Å². The number of aromatic nitrogens is 2. The lowest BCUT2D eigenvalue weighted by Gasteiger charge is -2.19. The van der Waals surface area contributed by atoms with Gasteiger partial charge >= 0.3 is 6.03 Å². The number of rotatable bonds is 4. The summed E-state index contributed by atoms with van der Waals surface area (Å²) in [5, 5.41) is 5.94. The van der Waals surface area contributed by atoms with Gasteiger partial charge in [0.05, 0.1) is 5.69 Å². The Morgan fingerprint density at radius 1 is 1.20 bits per heavy atom. The number of amides is 2. The molecule has 0 unspecified atom stereocenters. The number of aryl methyl sites for hydroxylation is 1. The van der Waals surface area contributed by atoms with Crippen molar-refractivity contribution in [1.82, 2.24) is 14.9 Å². The maximum Gasteiger partial charge on any atom is 0.320 e. The summed E-state index contributed by atoms with van der Waals surface area (Å²) in [5.41, 5.74) is 0.914. The molecule has 0 aliphatic carbocycles. The molecule has 128 valence electrons. The molecule has 1 aromatic heterocycles. The van der Waals surface area contributed by atoms with Crippen molar-refractivity contribution in [2.75, 3.05) is 5.32 Å². The minimum absolute atomic E-state index is 0.106. The van der Waals surface area contributed by atoms with Crippen LogP contribution in [0.2, 0.25) is 5.02 Å². The number of carbonyl (C=O) groups is 1. The fourth-order valence-corrected chi connectivity index (χ4v) is 2.59. The van der Waals surface area contributed by atoms with Gasteiger partial charge in [-0.25, -0.2) is 14.2 Å². The maximum absolute atomic E-state index is 13.7. The fraction of sp³-hybridized carbons (Fsp3) is 0.111. The average Bonchev–Trinajstić information content (AvgIpc) is 3.01. The van der Waals surface area contributed by atoms with Crippen LogP contribution in [0, 0.1) is 5.82 Å². The maximum atomic E-state index is 13.7. The topological polar surface area (TPSA) is 59.0 Å². The van der Waals surface area contributed by atoms with Crippen LogP contribution in [0.4, 0.5) is 14.9 Å². The summed E-state index contributed by atoms with van der Waals surface area (Å²) in [6, 6.07) is 12.0. The lowest BCUT2D eigenvalue weighted by atomic mass is 10.1. The molecule has 0 bridgehead atoms. The van der Waals surface area contributed by atoms with E-state index in [0.29, 0.717) is 10.8 Å². The fourth-order valence-electron chi connectivity index (χ4n) is 2.46. The third kappa shape index (κ3) is 3.97. The molecule has 0 saturated carbocycles. The lowest BCUT2D eigenvalue weighted by Crippen LogP contribution is -2.34. The minimum atomic E-state index is -0.534. The predicted octanol–water partition coefficient (Wildman–Crippen LogP) is 4.12. The molecule has 3 rings (SSSR count). The molecule has 0 aliphatic rings. The molecule has 2 amide bonds. The number of benzene rings is 2. The summed E-state index contributed by atoms with van der Waals surface area (Å²) >= 11 is 5.94. The van der Waals surface area contributed by atoms with E-state index in [1.807, 2.05) is 23.7 Å². The summed E-state index contributed by atoms with van der Waals surface area (Å²) < 4.78 is 15.5. The summed E-state index contributed by atoms with van der Waals surface area (Å²) in [4.78, 5) is 16.7. The van der Waals surface area contributed by atoms with E-state index >= 15 is 0 Å². The second kappa shape index (κ2) is 7.36. The molecule has 2 N–H and O–H groups in total. The molecule has 25 heavy (non-hydrogen) atoms. The van der Waals surface area contributed by atoms with Gasteiger partial charge in [0.15, 0.2) is 0 Å². The molecule has 1 atom stereocenters. The third-order valence-corrected chi connectivity index (χ3v) is 3.97. The van der Waals surface area contributed by atoms with Gasteiger partial charge in [-0.05, 0) is 29.8 Å². The highest BCUT2D eigenvalue weighted by Crippen LogP contribution is 2.22. The Morgan fingerprint density at radius 2 is 1.92 bits per heavy atom. The van der Waals surface area contributed by atoms with Gasteiger partial charge in [0, 0.05) is 24.5 Å². The second-order valence-electron chi connectivity index (χ2n) is 5.46. The largest absolute Gasteiger partial charge is 0.336 e. The van der Waals surface area contributed by atoms with Crippen LogP contribution in [-0.2, 0) is 7.05 Å². The van der Waals surface area contributed by atoms with E-state index in [-0.39, 0.29) is 5.69 Å². The van der Waals surface area contributed by atoms with E-state index < -0.39 is 17.9 Å². The monoisotopic (exact) mass is 358 g/mol. The molecule has 0 spiro atoms. The number of para-hydroxylation sites is 1. The van der Waals surface area contributed by atoms with E-state index in [4.69, 9.17) is 11.6 Å². The molecular weight excluding hydrogens is 343 g/mol. The number of carbonyl (C=O) groups excluding carboxylic acids is 1. The molecule has 1 heterocycles. The Hall–Kier alpha value is -2.86. The molecule has 7 heteroatoms. The molecule has 0 aliphatic heterocycles. The molecule has 0 fully saturated rings. The Labute approximate surface area is 149 Å². The first-order valence-corrected chi connectivity index (χ1v) is 7.97. The van der Waals surface area contributed by atoms with Gasteiger partial charge in [0.1, 0.15) is 17.7 Å². The zero-order chi connectivity index (χ0) is 17.8. The first-order chi connectivity index (χ1) is 12.0. The smallest absolute Gasteiger partial charge is 0.320 e. The normalized spacial score (nSPS) is 11.8. The zero-order valence-corrected chi connectivity index (χ0v) is 14.2. The summed E-state index contributed by atoms with van der Waals surface area (Å²) in [7, 11) is 1.84. The van der Waals surface area contributed by atoms with Gasteiger partial charge in [-0.1, -0.05) is 35.9 Å². The van der Waals surface area contributed by atoms with Gasteiger partial charge in [-0.3, -0.25) is 0 Å². The zero-order valence-electron chi connectivity index (χ0n) is 13.4. The Balaban J connectivity index is 1.85. The van der Waals surface area contributed by atoms with Crippen LogP contribution in [-0.4, -0.2) is 15.6 Å². The van der Waals surface area contributed by atoms with Gasteiger partial charge < -0.3 is 15.2 Å². The van der Waals surface area contributed by atoms with Crippen LogP contribution in [0.3, 0.4) is 0 Å². The highest BCUT2D eigenvalue weighted by molar-refractivity contribution is 6.30. The standard InChI is InChI=1S/C18H16ClFN4O/c1-24-11-10-21-17(24)16(12-6-8-13(19)9-7-12)23-18(25)22-15-5-3-2-4-14(15)20/h2-11,16H,1H3,(H2,22,23,25)/t16-/m0/s1. The van der Waals surface area contributed by atoms with Gasteiger partial charge in [0.25, 0.3) is 0 Å². The van der Waals surface area contributed by atoms with Crippen LogP contribution in [0.25, 0.3) is 0 Å². The van der Waals surface area contributed by atoms with E-state index in [0.717, 1.165) is 5.56 Å². The molecule has 5 nitrogen and oxygen atoms in total. The van der Waals surface area contributed by atoms with Crippen molar-refractivity contribution in [3.63, 3.8) is 0 Å². The summed E-state index contributed by atoms with van der Waals surface area (Å²) in [5.74, 6) is 0.142. The number of nitrogens with zero attached hydrogens (tertiary/aromatic N) is 2. The number of urea groups is 1. The number of anilines is 1. The van der Waals surface area contributed by atoms with E-state index in [1.165, 1.54) is 12.1 Å². The highest BCUT2D eigenvalue weighted by Gasteiger charge is 2.21. The van der Waals surface area contributed by atoms with Crippen molar-refractivity contribution in [2.45, 2.75) is 6.04 Å². The quantitative estimate of drug-likeness (QED) is 0.737. The van der Waals surface area contributed by atoms with Crippen molar-refractivity contribution in [3.05, 3.63) is 83.2 Å². The van der Waals surface area contributed by atoms with Crippen LogP contribution in [0.1, 0.15) is 17.4 Å². The van der Waals surface area contributed by atoms with Crippen LogP contribution in [0.5, 0.6) is 0 Å². The lowest BCUT2D eigenvalue weighted by molar-refractivity contribution is 0.249. The SMILES string of the molecule is Cn1ccnc1[C@@H](NC(=O)Nc1ccccc1F)c1ccc(Cl)cc1. The average molecular weight is 359 g/mol. The molecular formula is C18H16ClFN4O. The third-order valence-electron chi connectivity index (χ3n) is 3.72. The molecule has 2 aromatic carbocycles. The van der Waals surface area contributed by atoms with Gasteiger partial charge in [-0.15, -0.1) is 0 Å². The van der Waals surface area contributed by atoms with Crippen molar-refractivity contribution in [1.29, 1.82) is 0 Å². The number of hydrogen-bond donors (Lipinski definition) is 2. The van der Waals surface area contributed by atoms with Crippen LogP contribution >= 0.6 is 11.6 Å². The first-order valence-electron chi connectivity index (χ1n) is 7.59. The Morgan fingerprint density at radius 3 is 2.56 bits per heavy atom. The first kappa shape index (κ1) is 17.0. The molecule has 0 saturated heterocycles. The Kier molecular flexibility index (Phi) is 5.00. The van der Waals surface area contributed by atoms with E-state index in [1.54, 1.807) is 36.7 Å². The second-order valence-corrected chi connectivity index (χ2v) is 5.90. The van der Waals surface area contributed by atoms with Crippen LogP contribution in [0.15, 0.2) is 60.9 Å². The predicted molar refractivity (Wildman–Crippen MR) is 95.1 cm³/mol. The minimum Gasteiger partial charge on any atom is -0.336 e. The van der Waals surface area contributed by atoms with Crippen LogP contribution < -0.4 is 10.6 Å². The Bertz CT molecular complexity index is 879. The number of imidazole rings is 1. The van der Waals surface area contributed by atoms with Crippen molar-refractivity contribution < 1.29 is 9.18 Å². The number of halogens is 2. The summed E-state index contributed by atoms with van der Waals surface area (Å²) in [6.45, 7) is 0. The van der Waals surface area contributed by atoms with Crippen molar-refractivity contribution in [2.24, 2.45) is 7.05 Å². The number of hydrogen-bond acceptors (Lipinski definition) is 2. The highest BCUT2D eigenvalue weighted by atomic mass is 35.5. The molecule has 3 aromatic rings. The van der Waals surface area contributed by atoms with Crippen molar-refractivity contribution >= 4 is 23.3 Å². The van der Waals surface area contributed by atoms with Gasteiger partial charge in [0.2, 0.25) is 0 Å². The van der Waals surface area contributed by atoms with Gasteiger partial charge in [-0.2, -0.15) is 0 Å². The summed E-state index contributed by atoms with van der Waals surface area (Å²) in [6.07, 6.45) is 3.43. The molecule has 0 radical (unpaired) electrons. The number of nitrogens with one attached hydrogen (secondary N) is 2.